The molecule has 0 amide bonds. The fourth-order valence-electron chi connectivity index (χ4n) is 3.93. The highest BCUT2D eigenvalue weighted by molar-refractivity contribution is 6.07. The Balaban J connectivity index is 1.64. The van der Waals surface area contributed by atoms with Crippen LogP contribution in [-0.2, 0) is 0 Å². The van der Waals surface area contributed by atoms with Gasteiger partial charge in [0.2, 0.25) is 5.71 Å². The lowest BCUT2D eigenvalue weighted by Gasteiger charge is -2.03. The van der Waals surface area contributed by atoms with E-state index in [2.05, 4.69) is 22.2 Å². The van der Waals surface area contributed by atoms with Crippen molar-refractivity contribution in [3.05, 3.63) is 91.3 Å². The van der Waals surface area contributed by atoms with Crippen molar-refractivity contribution in [3.63, 3.8) is 0 Å². The Morgan fingerprint density at radius 1 is 0.781 bits per heavy atom. The van der Waals surface area contributed by atoms with Gasteiger partial charge in [0.05, 0.1) is 12.5 Å². The van der Waals surface area contributed by atoms with Gasteiger partial charge in [0.1, 0.15) is 17.8 Å². The molecule has 0 aliphatic carbocycles. The lowest BCUT2D eigenvalue weighted by Crippen LogP contribution is -1.90. The van der Waals surface area contributed by atoms with Crippen LogP contribution in [0.2, 0.25) is 0 Å². The van der Waals surface area contributed by atoms with Gasteiger partial charge in [-0.15, -0.1) is 5.10 Å². The van der Waals surface area contributed by atoms with E-state index >= 15 is 0 Å². The second-order valence-electron chi connectivity index (χ2n) is 7.40. The third-order valence-electron chi connectivity index (χ3n) is 5.48. The summed E-state index contributed by atoms with van der Waals surface area (Å²) in [5.74, 6) is 2.17. The number of rotatable bonds is 4. The van der Waals surface area contributed by atoms with E-state index in [1.165, 1.54) is 0 Å². The molecule has 0 unspecified atom stereocenters. The van der Waals surface area contributed by atoms with Crippen molar-refractivity contribution in [1.29, 1.82) is 0 Å². The molecule has 3 aromatic heterocycles. The molecule has 154 valence electrons. The van der Waals surface area contributed by atoms with Crippen LogP contribution in [0.3, 0.4) is 0 Å². The molecule has 0 bridgehead atoms. The first-order valence-electron chi connectivity index (χ1n) is 10.2. The molecule has 0 aliphatic rings. The van der Waals surface area contributed by atoms with E-state index in [9.17, 15) is 0 Å². The third kappa shape index (κ3) is 2.93. The van der Waals surface area contributed by atoms with Gasteiger partial charge in [0.25, 0.3) is 0 Å². The Morgan fingerprint density at radius 3 is 2.16 bits per heavy atom. The van der Waals surface area contributed by atoms with E-state index in [-0.39, 0.29) is 0 Å². The van der Waals surface area contributed by atoms with Crippen molar-refractivity contribution in [2.75, 3.05) is 7.11 Å². The fraction of sp³-hybridized carbons (Fsp3) is 0.0385. The lowest BCUT2D eigenvalue weighted by molar-refractivity contribution is 0.415. The molecule has 3 heterocycles. The number of methoxy groups -OCH3 is 1. The van der Waals surface area contributed by atoms with Gasteiger partial charge in [-0.1, -0.05) is 60.7 Å². The molecule has 0 radical (unpaired) electrons. The summed E-state index contributed by atoms with van der Waals surface area (Å²) in [6, 6.07) is 27.9. The first-order chi connectivity index (χ1) is 15.8. The van der Waals surface area contributed by atoms with E-state index in [0.717, 1.165) is 39.1 Å². The van der Waals surface area contributed by atoms with E-state index < -0.39 is 0 Å². The van der Waals surface area contributed by atoms with Gasteiger partial charge in [-0.05, 0) is 29.8 Å². The normalized spacial score (nSPS) is 11.3. The van der Waals surface area contributed by atoms with E-state index in [1.807, 2.05) is 72.8 Å². The van der Waals surface area contributed by atoms with Crippen molar-refractivity contribution in [1.82, 2.24) is 19.6 Å². The minimum atomic E-state index is 0.531. The van der Waals surface area contributed by atoms with Crippen LogP contribution in [0.25, 0.3) is 50.6 Å². The molecule has 6 aromatic rings. The van der Waals surface area contributed by atoms with Crippen molar-refractivity contribution >= 4 is 16.7 Å². The predicted octanol–water partition coefficient (Wildman–Crippen LogP) is 5.88. The summed E-state index contributed by atoms with van der Waals surface area (Å²) >= 11 is 0. The number of furan rings is 1. The highest BCUT2D eigenvalue weighted by atomic mass is 16.5. The predicted molar refractivity (Wildman–Crippen MR) is 123 cm³/mol. The summed E-state index contributed by atoms with van der Waals surface area (Å²) in [6.45, 7) is 0. The molecule has 0 spiro atoms. The van der Waals surface area contributed by atoms with Crippen LogP contribution in [0.4, 0.5) is 0 Å². The molecule has 0 saturated heterocycles. The van der Waals surface area contributed by atoms with Crippen molar-refractivity contribution < 1.29 is 9.15 Å². The summed E-state index contributed by atoms with van der Waals surface area (Å²) in [7, 11) is 1.65. The maximum absolute atomic E-state index is 6.28. The zero-order valence-corrected chi connectivity index (χ0v) is 17.3. The highest BCUT2D eigenvalue weighted by Crippen LogP contribution is 2.41. The molecule has 6 rings (SSSR count). The molecule has 6 heteroatoms. The average molecular weight is 418 g/mol. The van der Waals surface area contributed by atoms with E-state index in [4.69, 9.17) is 14.1 Å². The van der Waals surface area contributed by atoms with Gasteiger partial charge in [0, 0.05) is 16.7 Å². The molecule has 3 aromatic carbocycles. The van der Waals surface area contributed by atoms with Crippen molar-refractivity contribution in [2.45, 2.75) is 0 Å². The Labute approximate surface area is 183 Å². The van der Waals surface area contributed by atoms with Crippen molar-refractivity contribution in [2.24, 2.45) is 0 Å². The summed E-state index contributed by atoms with van der Waals surface area (Å²) in [5.41, 5.74) is 5.11. The van der Waals surface area contributed by atoms with Crippen LogP contribution < -0.4 is 4.74 Å². The molecular weight excluding hydrogens is 400 g/mol. The molecule has 0 saturated carbocycles. The second-order valence-corrected chi connectivity index (χ2v) is 7.40. The summed E-state index contributed by atoms with van der Waals surface area (Å²) in [6.07, 6.45) is 1.64. The number of ether oxygens (including phenoxy) is 1. The SMILES string of the molecule is COc1ccc(-c2nc3c4c(-c5ccccc5)c(-c5ccccc5)oc4ncn3n2)cc1. The minimum Gasteiger partial charge on any atom is -0.497 e. The summed E-state index contributed by atoms with van der Waals surface area (Å²) in [5, 5.41) is 5.50. The third-order valence-corrected chi connectivity index (χ3v) is 5.48. The fourth-order valence-corrected chi connectivity index (χ4v) is 3.93. The topological polar surface area (TPSA) is 65.5 Å². The summed E-state index contributed by atoms with van der Waals surface area (Å²) < 4.78 is 13.3. The van der Waals surface area contributed by atoms with Crippen LogP contribution in [0.15, 0.2) is 95.7 Å². The van der Waals surface area contributed by atoms with Gasteiger partial charge >= 0.3 is 0 Å². The van der Waals surface area contributed by atoms with Crippen LogP contribution in [-0.4, -0.2) is 26.7 Å². The lowest BCUT2D eigenvalue weighted by atomic mass is 9.99. The molecule has 0 atom stereocenters. The monoisotopic (exact) mass is 418 g/mol. The van der Waals surface area contributed by atoms with Crippen LogP contribution in [0.5, 0.6) is 5.75 Å². The Bertz CT molecular complexity index is 1540. The first kappa shape index (κ1) is 18.3. The van der Waals surface area contributed by atoms with Gasteiger partial charge in [-0.2, -0.15) is 0 Å². The van der Waals surface area contributed by atoms with Crippen LogP contribution in [0.1, 0.15) is 0 Å². The standard InChI is InChI=1S/C26H18N4O2/c1-31-20-14-12-19(13-15-20)24-28-25-22-21(17-8-4-2-5-9-17)23(18-10-6-3-7-11-18)32-26(22)27-16-30(25)29-24/h2-16H,1H3. The van der Waals surface area contributed by atoms with Gasteiger partial charge in [-0.25, -0.2) is 14.5 Å². The number of benzene rings is 3. The number of fused-ring (bicyclic) bond motifs is 3. The molecular formula is C26H18N4O2. The molecule has 6 nitrogen and oxygen atoms in total. The Kier molecular flexibility index (Phi) is 4.21. The maximum atomic E-state index is 6.28. The molecule has 0 N–H and O–H groups in total. The maximum Gasteiger partial charge on any atom is 0.232 e. The number of aromatic nitrogens is 4. The van der Waals surface area contributed by atoms with Gasteiger partial charge in [-0.3, -0.25) is 0 Å². The largest absolute Gasteiger partial charge is 0.497 e. The van der Waals surface area contributed by atoms with Crippen LogP contribution >= 0.6 is 0 Å². The zero-order valence-electron chi connectivity index (χ0n) is 17.3. The Hall–Kier alpha value is -4.45. The average Bonchev–Trinajstić information content (AvgIpc) is 3.47. The zero-order chi connectivity index (χ0) is 21.5. The Morgan fingerprint density at radius 2 is 1.47 bits per heavy atom. The van der Waals surface area contributed by atoms with Crippen LogP contribution in [0, 0.1) is 0 Å². The number of nitrogens with zero attached hydrogens (tertiary/aromatic N) is 4. The highest BCUT2D eigenvalue weighted by Gasteiger charge is 2.23. The van der Waals surface area contributed by atoms with Gasteiger partial charge in [0.15, 0.2) is 11.5 Å². The first-order valence-corrected chi connectivity index (χ1v) is 10.2. The van der Waals surface area contributed by atoms with E-state index in [1.54, 1.807) is 18.0 Å². The van der Waals surface area contributed by atoms with Gasteiger partial charge < -0.3 is 9.15 Å². The van der Waals surface area contributed by atoms with Crippen molar-refractivity contribution in [3.8, 4) is 39.6 Å². The molecule has 32 heavy (non-hydrogen) atoms. The van der Waals surface area contributed by atoms with E-state index in [0.29, 0.717) is 17.2 Å². The second kappa shape index (κ2) is 7.35. The molecule has 0 aliphatic heterocycles. The molecule has 0 fully saturated rings. The minimum absolute atomic E-state index is 0.531. The number of hydrogen-bond donors (Lipinski definition) is 0. The quantitative estimate of drug-likeness (QED) is 0.358. The number of hydrogen-bond acceptors (Lipinski definition) is 5. The summed E-state index contributed by atoms with van der Waals surface area (Å²) in [4.78, 5) is 9.42. The smallest absolute Gasteiger partial charge is 0.232 e.